The van der Waals surface area contributed by atoms with Crippen molar-refractivity contribution in [2.24, 2.45) is 0 Å². The quantitative estimate of drug-likeness (QED) is 0.927. The maximum atomic E-state index is 12.6. The fraction of sp³-hybridized carbons (Fsp3) is 0.467. The van der Waals surface area contributed by atoms with Gasteiger partial charge >= 0.3 is 5.97 Å². The zero-order valence-corrected chi connectivity index (χ0v) is 12.8. The second-order valence-corrected chi connectivity index (χ2v) is 5.76. The third-order valence-electron chi connectivity index (χ3n) is 3.67. The molecule has 0 bridgehead atoms. The van der Waals surface area contributed by atoms with E-state index in [-0.39, 0.29) is 24.5 Å². The number of methoxy groups -OCH3 is 1. The summed E-state index contributed by atoms with van der Waals surface area (Å²) < 4.78 is 5.27. The van der Waals surface area contributed by atoms with Gasteiger partial charge in [0, 0.05) is 30.3 Å². The molecule has 1 N–H and O–H groups in total. The predicted molar refractivity (Wildman–Crippen MR) is 78.7 cm³/mol. The number of carbonyl (C=O) groups excluding carboxylic acids is 1. The molecule has 0 spiro atoms. The molecule has 0 radical (unpaired) electrons. The molecule has 21 heavy (non-hydrogen) atoms. The van der Waals surface area contributed by atoms with Gasteiger partial charge in [-0.25, -0.2) is 0 Å². The summed E-state index contributed by atoms with van der Waals surface area (Å²) in [6.45, 7) is 2.26. The number of carbonyl (C=O) groups is 2. The van der Waals surface area contributed by atoms with Crippen molar-refractivity contribution in [1.29, 1.82) is 0 Å². The van der Waals surface area contributed by atoms with Gasteiger partial charge in [-0.1, -0.05) is 11.6 Å². The number of ether oxygens (including phenoxy) is 1. The highest BCUT2D eigenvalue weighted by Crippen LogP contribution is 2.26. The smallest absolute Gasteiger partial charge is 0.305 e. The zero-order valence-electron chi connectivity index (χ0n) is 12.0. The average molecular weight is 312 g/mol. The lowest BCUT2D eigenvalue weighted by Gasteiger charge is -2.23. The van der Waals surface area contributed by atoms with Crippen LogP contribution in [0, 0.1) is 6.92 Å². The topological polar surface area (TPSA) is 66.8 Å². The zero-order chi connectivity index (χ0) is 15.6. The van der Waals surface area contributed by atoms with Gasteiger partial charge in [-0.2, -0.15) is 0 Å². The van der Waals surface area contributed by atoms with Gasteiger partial charge in [0.25, 0.3) is 5.91 Å². The molecule has 1 aromatic carbocycles. The minimum atomic E-state index is -0.920. The molecule has 1 heterocycles. The number of rotatable bonds is 4. The normalized spacial score (nSPS) is 21.6. The van der Waals surface area contributed by atoms with Crippen LogP contribution in [0.4, 0.5) is 0 Å². The molecule has 114 valence electrons. The summed E-state index contributed by atoms with van der Waals surface area (Å²) >= 11 is 5.99. The van der Waals surface area contributed by atoms with Crippen molar-refractivity contribution in [2.75, 3.05) is 13.7 Å². The predicted octanol–water partition coefficient (Wildman–Crippen LogP) is 2.35. The summed E-state index contributed by atoms with van der Waals surface area (Å²) in [5, 5.41) is 9.49. The van der Waals surface area contributed by atoms with Crippen molar-refractivity contribution in [3.63, 3.8) is 0 Å². The Morgan fingerprint density at radius 3 is 2.71 bits per heavy atom. The third kappa shape index (κ3) is 3.74. The minimum absolute atomic E-state index is 0.0782. The maximum Gasteiger partial charge on any atom is 0.305 e. The van der Waals surface area contributed by atoms with Gasteiger partial charge in [-0.15, -0.1) is 0 Å². The van der Waals surface area contributed by atoms with Crippen molar-refractivity contribution < 1.29 is 19.4 Å². The number of amides is 1. The van der Waals surface area contributed by atoms with Crippen LogP contribution in [0.3, 0.4) is 0 Å². The van der Waals surface area contributed by atoms with Gasteiger partial charge in [0.1, 0.15) is 0 Å². The fourth-order valence-electron chi connectivity index (χ4n) is 2.71. The van der Waals surface area contributed by atoms with E-state index in [1.807, 2.05) is 6.92 Å². The molecule has 2 atom stereocenters. The molecular weight excluding hydrogens is 294 g/mol. The molecule has 1 fully saturated rings. The van der Waals surface area contributed by atoms with Crippen LogP contribution in [-0.4, -0.2) is 47.7 Å². The Bertz CT molecular complexity index is 540. The highest BCUT2D eigenvalue weighted by molar-refractivity contribution is 6.31. The molecule has 2 rings (SSSR count). The summed E-state index contributed by atoms with van der Waals surface area (Å²) in [5.74, 6) is -1.12. The third-order valence-corrected chi connectivity index (χ3v) is 3.89. The highest BCUT2D eigenvalue weighted by Gasteiger charge is 2.36. The summed E-state index contributed by atoms with van der Waals surface area (Å²) in [5.41, 5.74) is 1.37. The molecule has 1 amide bonds. The number of hydrogen-bond donors (Lipinski definition) is 1. The Morgan fingerprint density at radius 1 is 1.43 bits per heavy atom. The van der Waals surface area contributed by atoms with Gasteiger partial charge in [0.2, 0.25) is 0 Å². The lowest BCUT2D eigenvalue weighted by atomic mass is 10.1. The van der Waals surface area contributed by atoms with Crippen LogP contribution in [0.1, 0.15) is 28.8 Å². The lowest BCUT2D eigenvalue weighted by molar-refractivity contribution is -0.137. The van der Waals surface area contributed by atoms with Crippen LogP contribution >= 0.6 is 11.6 Å². The number of aliphatic carboxylic acids is 1. The lowest BCUT2D eigenvalue weighted by Crippen LogP contribution is -2.37. The van der Waals surface area contributed by atoms with Crippen LogP contribution < -0.4 is 0 Å². The van der Waals surface area contributed by atoms with Crippen LogP contribution in [0.2, 0.25) is 5.02 Å². The molecule has 1 aliphatic rings. The van der Waals surface area contributed by atoms with E-state index in [2.05, 4.69) is 0 Å². The molecule has 0 aliphatic carbocycles. The Balaban J connectivity index is 2.24. The maximum absolute atomic E-state index is 12.6. The Labute approximate surface area is 128 Å². The van der Waals surface area contributed by atoms with E-state index < -0.39 is 5.97 Å². The van der Waals surface area contributed by atoms with Gasteiger partial charge in [-0.3, -0.25) is 9.59 Å². The van der Waals surface area contributed by atoms with E-state index in [4.69, 9.17) is 21.4 Å². The van der Waals surface area contributed by atoms with Crippen molar-refractivity contribution in [3.8, 4) is 0 Å². The largest absolute Gasteiger partial charge is 0.481 e. The number of benzene rings is 1. The van der Waals surface area contributed by atoms with Gasteiger partial charge < -0.3 is 14.7 Å². The van der Waals surface area contributed by atoms with E-state index in [0.29, 0.717) is 23.6 Å². The summed E-state index contributed by atoms with van der Waals surface area (Å²) in [4.78, 5) is 25.2. The van der Waals surface area contributed by atoms with Crippen molar-refractivity contribution >= 4 is 23.5 Å². The van der Waals surface area contributed by atoms with Crippen LogP contribution in [0.25, 0.3) is 0 Å². The van der Waals surface area contributed by atoms with Crippen molar-refractivity contribution in [1.82, 2.24) is 4.90 Å². The first kappa shape index (κ1) is 15.8. The number of likely N-dealkylation sites (tertiary alicyclic amines) is 1. The fourth-order valence-corrected chi connectivity index (χ4v) is 3.00. The Hall–Kier alpha value is -1.59. The second kappa shape index (κ2) is 6.45. The molecule has 1 saturated heterocycles. The van der Waals surface area contributed by atoms with Gasteiger partial charge in [0.05, 0.1) is 12.5 Å². The number of nitrogens with zero attached hydrogens (tertiary/aromatic N) is 1. The monoisotopic (exact) mass is 311 g/mol. The number of carboxylic acids is 1. The molecule has 6 heteroatoms. The number of aryl methyl sites for hydroxylation is 1. The first-order chi connectivity index (χ1) is 9.90. The van der Waals surface area contributed by atoms with Crippen LogP contribution in [0.15, 0.2) is 18.2 Å². The van der Waals surface area contributed by atoms with E-state index >= 15 is 0 Å². The number of carboxylic acid groups (broad SMARTS) is 1. The minimum Gasteiger partial charge on any atom is -0.481 e. The highest BCUT2D eigenvalue weighted by atomic mass is 35.5. The van der Waals surface area contributed by atoms with Crippen molar-refractivity contribution in [2.45, 2.75) is 31.9 Å². The first-order valence-corrected chi connectivity index (χ1v) is 7.11. The van der Waals surface area contributed by atoms with Gasteiger partial charge in [0.15, 0.2) is 0 Å². The standard InChI is InChI=1S/C15H18ClNO4/c1-9-3-10(5-11(16)4-9)15(20)17-8-13(21-2)6-12(17)7-14(18)19/h3-5,12-13H,6-8H2,1-2H3,(H,18,19). The van der Waals surface area contributed by atoms with E-state index in [1.54, 1.807) is 30.2 Å². The summed E-state index contributed by atoms with van der Waals surface area (Å²) in [7, 11) is 1.57. The molecule has 1 aromatic rings. The molecule has 0 aromatic heterocycles. The SMILES string of the molecule is COC1CC(CC(=O)O)N(C(=O)c2cc(C)cc(Cl)c2)C1. The molecule has 2 unspecified atom stereocenters. The van der Waals surface area contributed by atoms with Crippen LogP contribution in [-0.2, 0) is 9.53 Å². The molecular formula is C15H18ClNO4. The molecule has 5 nitrogen and oxygen atoms in total. The first-order valence-electron chi connectivity index (χ1n) is 6.73. The summed E-state index contributed by atoms with van der Waals surface area (Å²) in [6.07, 6.45) is 0.331. The van der Waals surface area contributed by atoms with E-state index in [9.17, 15) is 9.59 Å². The van der Waals surface area contributed by atoms with Gasteiger partial charge in [-0.05, 0) is 37.1 Å². The molecule has 0 saturated carbocycles. The van der Waals surface area contributed by atoms with E-state index in [1.165, 1.54) is 0 Å². The number of halogens is 1. The molecule has 1 aliphatic heterocycles. The van der Waals surface area contributed by atoms with Crippen LogP contribution in [0.5, 0.6) is 0 Å². The Kier molecular flexibility index (Phi) is 4.85. The summed E-state index contributed by atoms with van der Waals surface area (Å²) in [6, 6.07) is 4.79. The average Bonchev–Trinajstić information content (AvgIpc) is 2.79. The second-order valence-electron chi connectivity index (χ2n) is 5.32. The number of hydrogen-bond acceptors (Lipinski definition) is 3. The Morgan fingerprint density at radius 2 is 2.14 bits per heavy atom. The van der Waals surface area contributed by atoms with Crippen molar-refractivity contribution in [3.05, 3.63) is 34.3 Å². The van der Waals surface area contributed by atoms with E-state index in [0.717, 1.165) is 5.56 Å².